The molecular formula is C22H19FN2O5. The van der Waals surface area contributed by atoms with Gasteiger partial charge in [0.2, 0.25) is 5.76 Å². The first-order chi connectivity index (χ1) is 14.4. The number of hydrogen-bond acceptors (Lipinski definition) is 6. The highest BCUT2D eigenvalue weighted by Crippen LogP contribution is 2.29. The van der Waals surface area contributed by atoms with Crippen molar-refractivity contribution in [1.82, 2.24) is 0 Å². The van der Waals surface area contributed by atoms with Crippen molar-refractivity contribution in [2.45, 2.75) is 13.3 Å². The molecule has 8 heteroatoms. The molecule has 1 amide bonds. The van der Waals surface area contributed by atoms with Gasteiger partial charge in [-0.15, -0.1) is 0 Å². The van der Waals surface area contributed by atoms with Gasteiger partial charge in [0.25, 0.3) is 5.91 Å². The van der Waals surface area contributed by atoms with E-state index in [4.69, 9.17) is 19.2 Å². The lowest BCUT2D eigenvalue weighted by molar-refractivity contribution is -0.121. The lowest BCUT2D eigenvalue weighted by Gasteiger charge is -2.21. The fraction of sp³-hybridized carbons (Fsp3) is 0.227. The molecule has 0 fully saturated rings. The van der Waals surface area contributed by atoms with Gasteiger partial charge in [0.05, 0.1) is 19.6 Å². The summed E-state index contributed by atoms with van der Waals surface area (Å²) in [5.41, 5.74) is 1.47. The normalized spacial score (nSPS) is 10.5. The van der Waals surface area contributed by atoms with E-state index in [1.807, 2.05) is 6.07 Å². The van der Waals surface area contributed by atoms with Crippen LogP contribution in [-0.2, 0) is 9.53 Å². The Hall–Kier alpha value is -3.86. The van der Waals surface area contributed by atoms with Gasteiger partial charge in [0.15, 0.2) is 6.61 Å². The standard InChI is InChI=1S/C22H19FN2O5/c1-14-18-12-17(28-2)8-9-19(18)30-21(14)22(27)29-13-20(26)25(11-3-10-24)16-6-4-15(23)5-7-16/h4-9,12H,3,11,13H2,1-2H3. The smallest absolute Gasteiger partial charge is 0.375 e. The van der Waals surface area contributed by atoms with Crippen LogP contribution < -0.4 is 9.64 Å². The molecule has 0 unspecified atom stereocenters. The molecule has 0 aliphatic carbocycles. The number of ether oxygens (including phenoxy) is 2. The number of rotatable bonds is 7. The second-order valence-corrected chi connectivity index (χ2v) is 6.42. The van der Waals surface area contributed by atoms with Crippen LogP contribution in [0.2, 0.25) is 0 Å². The number of benzene rings is 2. The summed E-state index contributed by atoms with van der Waals surface area (Å²) in [6.45, 7) is 1.24. The van der Waals surface area contributed by atoms with Crippen LogP contribution in [0.15, 0.2) is 46.9 Å². The number of esters is 1. The molecule has 154 valence electrons. The first-order valence-electron chi connectivity index (χ1n) is 9.11. The van der Waals surface area contributed by atoms with E-state index in [1.165, 1.54) is 36.3 Å². The third-order valence-electron chi connectivity index (χ3n) is 4.54. The van der Waals surface area contributed by atoms with E-state index in [9.17, 15) is 14.0 Å². The van der Waals surface area contributed by atoms with E-state index in [0.717, 1.165) is 0 Å². The number of methoxy groups -OCH3 is 1. The molecular weight excluding hydrogens is 391 g/mol. The number of aryl methyl sites for hydroxylation is 1. The number of amides is 1. The third kappa shape index (κ3) is 4.41. The highest BCUT2D eigenvalue weighted by molar-refractivity contribution is 5.99. The summed E-state index contributed by atoms with van der Waals surface area (Å²) < 4.78 is 29.1. The van der Waals surface area contributed by atoms with Crippen molar-refractivity contribution in [3.05, 3.63) is 59.6 Å². The van der Waals surface area contributed by atoms with Gasteiger partial charge in [0.1, 0.15) is 17.1 Å². The number of nitrogens with zero attached hydrogens (tertiary/aromatic N) is 2. The zero-order chi connectivity index (χ0) is 21.7. The number of anilines is 1. The molecule has 0 radical (unpaired) electrons. The van der Waals surface area contributed by atoms with Crippen molar-refractivity contribution in [2.24, 2.45) is 0 Å². The third-order valence-corrected chi connectivity index (χ3v) is 4.54. The van der Waals surface area contributed by atoms with E-state index in [-0.39, 0.29) is 18.7 Å². The van der Waals surface area contributed by atoms with Crippen molar-refractivity contribution in [3.8, 4) is 11.8 Å². The van der Waals surface area contributed by atoms with Gasteiger partial charge in [-0.05, 0) is 49.4 Å². The Morgan fingerprint density at radius 3 is 2.60 bits per heavy atom. The van der Waals surface area contributed by atoms with Crippen LogP contribution in [0.4, 0.5) is 10.1 Å². The number of carbonyl (C=O) groups excluding carboxylic acids is 2. The summed E-state index contributed by atoms with van der Waals surface area (Å²) in [7, 11) is 1.54. The molecule has 1 heterocycles. The number of hydrogen-bond donors (Lipinski definition) is 0. The topological polar surface area (TPSA) is 92.8 Å². The Bertz CT molecular complexity index is 1110. The second kappa shape index (κ2) is 9.09. The second-order valence-electron chi connectivity index (χ2n) is 6.42. The molecule has 0 bridgehead atoms. The van der Waals surface area contributed by atoms with Crippen LogP contribution in [0.3, 0.4) is 0 Å². The van der Waals surface area contributed by atoms with Crippen molar-refractivity contribution < 1.29 is 27.9 Å². The van der Waals surface area contributed by atoms with E-state index in [2.05, 4.69) is 0 Å². The van der Waals surface area contributed by atoms with Gasteiger partial charge in [-0.1, -0.05) is 0 Å². The van der Waals surface area contributed by atoms with Crippen LogP contribution in [0, 0.1) is 24.1 Å². The monoisotopic (exact) mass is 410 g/mol. The first kappa shape index (κ1) is 20.9. The Kier molecular flexibility index (Phi) is 6.32. The molecule has 30 heavy (non-hydrogen) atoms. The Labute approximate surface area is 172 Å². The highest BCUT2D eigenvalue weighted by Gasteiger charge is 2.22. The number of fused-ring (bicyclic) bond motifs is 1. The SMILES string of the molecule is COc1ccc2oc(C(=O)OCC(=O)N(CCC#N)c3ccc(F)cc3)c(C)c2c1. The molecule has 1 aromatic heterocycles. The number of halogens is 1. The fourth-order valence-electron chi connectivity index (χ4n) is 2.97. The van der Waals surface area contributed by atoms with Crippen LogP contribution >= 0.6 is 0 Å². The number of furan rings is 1. The fourth-order valence-corrected chi connectivity index (χ4v) is 2.97. The average Bonchev–Trinajstić information content (AvgIpc) is 3.09. The predicted octanol–water partition coefficient (Wildman–Crippen LogP) is 3.99. The van der Waals surface area contributed by atoms with E-state index < -0.39 is 24.3 Å². The Morgan fingerprint density at radius 2 is 1.93 bits per heavy atom. The summed E-state index contributed by atoms with van der Waals surface area (Å²) in [4.78, 5) is 26.4. The van der Waals surface area contributed by atoms with Crippen molar-refractivity contribution in [3.63, 3.8) is 0 Å². The van der Waals surface area contributed by atoms with Crippen LogP contribution in [-0.4, -0.2) is 32.1 Å². The van der Waals surface area contributed by atoms with Gasteiger partial charge in [-0.2, -0.15) is 5.26 Å². The maximum Gasteiger partial charge on any atom is 0.375 e. The molecule has 0 saturated carbocycles. The van der Waals surface area contributed by atoms with Gasteiger partial charge in [0, 0.05) is 23.2 Å². The quantitative estimate of drug-likeness (QED) is 0.547. The molecule has 0 aliphatic heterocycles. The van der Waals surface area contributed by atoms with Crippen molar-refractivity contribution in [2.75, 3.05) is 25.2 Å². The van der Waals surface area contributed by atoms with Gasteiger partial charge in [-0.3, -0.25) is 4.79 Å². The van der Waals surface area contributed by atoms with E-state index >= 15 is 0 Å². The van der Waals surface area contributed by atoms with Crippen molar-refractivity contribution >= 4 is 28.5 Å². The summed E-state index contributed by atoms with van der Waals surface area (Å²) >= 11 is 0. The lowest BCUT2D eigenvalue weighted by atomic mass is 10.1. The van der Waals surface area contributed by atoms with E-state index in [0.29, 0.717) is 28.0 Å². The minimum absolute atomic E-state index is 0.00332. The van der Waals surface area contributed by atoms with Gasteiger partial charge >= 0.3 is 5.97 Å². The molecule has 0 saturated heterocycles. The predicted molar refractivity (Wildman–Crippen MR) is 107 cm³/mol. The minimum atomic E-state index is -0.782. The van der Waals surface area contributed by atoms with Gasteiger partial charge < -0.3 is 18.8 Å². The average molecular weight is 410 g/mol. The number of nitriles is 1. The maximum absolute atomic E-state index is 13.2. The molecule has 7 nitrogen and oxygen atoms in total. The maximum atomic E-state index is 13.2. The molecule has 0 aliphatic rings. The van der Waals surface area contributed by atoms with E-state index in [1.54, 1.807) is 25.1 Å². The Morgan fingerprint density at radius 1 is 1.20 bits per heavy atom. The summed E-state index contributed by atoms with van der Waals surface area (Å²) in [5.74, 6) is -1.16. The largest absolute Gasteiger partial charge is 0.497 e. The molecule has 2 aromatic carbocycles. The number of carbonyl (C=O) groups is 2. The molecule has 0 spiro atoms. The van der Waals surface area contributed by atoms with Crippen LogP contribution in [0.25, 0.3) is 11.0 Å². The summed E-state index contributed by atoms with van der Waals surface area (Å²) in [6, 6.07) is 12.3. The molecule has 0 atom stereocenters. The zero-order valence-corrected chi connectivity index (χ0v) is 16.5. The lowest BCUT2D eigenvalue weighted by Crippen LogP contribution is -2.35. The highest BCUT2D eigenvalue weighted by atomic mass is 19.1. The van der Waals surface area contributed by atoms with Crippen molar-refractivity contribution in [1.29, 1.82) is 5.26 Å². The first-order valence-corrected chi connectivity index (χ1v) is 9.11. The van der Waals surface area contributed by atoms with Gasteiger partial charge in [-0.25, -0.2) is 9.18 Å². The minimum Gasteiger partial charge on any atom is -0.497 e. The Balaban J connectivity index is 1.74. The zero-order valence-electron chi connectivity index (χ0n) is 16.5. The summed E-state index contributed by atoms with van der Waals surface area (Å²) in [6.07, 6.45) is 0.0710. The molecule has 3 rings (SSSR count). The molecule has 0 N–H and O–H groups in total. The summed E-state index contributed by atoms with van der Waals surface area (Å²) in [5, 5.41) is 9.54. The van der Waals surface area contributed by atoms with Crippen LogP contribution in [0.1, 0.15) is 22.5 Å². The van der Waals surface area contributed by atoms with Crippen LogP contribution in [0.5, 0.6) is 5.75 Å². The molecule has 3 aromatic rings.